The predicted octanol–water partition coefficient (Wildman–Crippen LogP) is 2.44. The van der Waals surface area contributed by atoms with Gasteiger partial charge in [-0.2, -0.15) is 0 Å². The molecule has 82 valence electrons. The second-order valence-electron chi connectivity index (χ2n) is 4.52. The Kier molecular flexibility index (Phi) is 2.96. The standard InChI is InChI=1S/C13H20N2/c1-10-8-11(9-14)6-7-13(10)15(2)12-4-3-5-12/h6-8,12H,3-5,9,14H2,1-2H3. The Morgan fingerprint density at radius 2 is 2.13 bits per heavy atom. The summed E-state index contributed by atoms with van der Waals surface area (Å²) < 4.78 is 0. The van der Waals surface area contributed by atoms with Crippen LogP contribution >= 0.6 is 0 Å². The Bertz CT molecular complexity index is 342. The van der Waals surface area contributed by atoms with Crippen molar-refractivity contribution in [1.29, 1.82) is 0 Å². The Labute approximate surface area is 92.1 Å². The molecule has 1 aliphatic carbocycles. The number of aryl methyl sites for hydroxylation is 1. The average molecular weight is 204 g/mol. The first-order valence-corrected chi connectivity index (χ1v) is 5.75. The molecule has 1 aromatic carbocycles. The molecule has 0 unspecified atom stereocenters. The molecule has 0 bridgehead atoms. The van der Waals surface area contributed by atoms with Gasteiger partial charge in [-0.25, -0.2) is 0 Å². The summed E-state index contributed by atoms with van der Waals surface area (Å²) in [6.45, 7) is 2.80. The SMILES string of the molecule is Cc1cc(CN)ccc1N(C)C1CCC1. The zero-order valence-electron chi connectivity index (χ0n) is 9.66. The number of hydrogen-bond acceptors (Lipinski definition) is 2. The summed E-state index contributed by atoms with van der Waals surface area (Å²) in [4.78, 5) is 2.42. The molecule has 0 aliphatic heterocycles. The highest BCUT2D eigenvalue weighted by atomic mass is 15.1. The van der Waals surface area contributed by atoms with E-state index < -0.39 is 0 Å². The zero-order valence-corrected chi connectivity index (χ0v) is 9.66. The molecule has 1 saturated carbocycles. The lowest BCUT2D eigenvalue weighted by atomic mass is 9.91. The molecule has 2 rings (SSSR count). The average Bonchev–Trinajstić information content (AvgIpc) is 2.14. The first kappa shape index (κ1) is 10.5. The first-order valence-electron chi connectivity index (χ1n) is 5.75. The molecule has 0 amide bonds. The summed E-state index contributed by atoms with van der Waals surface area (Å²) >= 11 is 0. The third-order valence-electron chi connectivity index (χ3n) is 3.50. The van der Waals surface area contributed by atoms with Crippen LogP contribution in [0.25, 0.3) is 0 Å². The van der Waals surface area contributed by atoms with Gasteiger partial charge in [0.05, 0.1) is 0 Å². The Hall–Kier alpha value is -1.02. The van der Waals surface area contributed by atoms with Gasteiger partial charge in [0.1, 0.15) is 0 Å². The van der Waals surface area contributed by atoms with Crippen molar-refractivity contribution < 1.29 is 0 Å². The van der Waals surface area contributed by atoms with Crippen molar-refractivity contribution >= 4 is 5.69 Å². The number of hydrogen-bond donors (Lipinski definition) is 1. The van der Waals surface area contributed by atoms with Crippen LogP contribution in [0.5, 0.6) is 0 Å². The minimum absolute atomic E-state index is 0.633. The van der Waals surface area contributed by atoms with Crippen molar-refractivity contribution in [3.8, 4) is 0 Å². The van der Waals surface area contributed by atoms with Crippen LogP contribution in [0.2, 0.25) is 0 Å². The van der Waals surface area contributed by atoms with Gasteiger partial charge in [-0.1, -0.05) is 12.1 Å². The van der Waals surface area contributed by atoms with Crippen LogP contribution in [0.1, 0.15) is 30.4 Å². The lowest BCUT2D eigenvalue weighted by molar-refractivity contribution is 0.401. The fourth-order valence-electron chi connectivity index (χ4n) is 2.21. The summed E-state index contributed by atoms with van der Waals surface area (Å²) in [5.41, 5.74) is 9.55. The third kappa shape index (κ3) is 2.00. The largest absolute Gasteiger partial charge is 0.371 e. The molecule has 2 heteroatoms. The molecule has 2 N–H and O–H groups in total. The Morgan fingerprint density at radius 1 is 1.40 bits per heavy atom. The monoisotopic (exact) mass is 204 g/mol. The van der Waals surface area contributed by atoms with Crippen LogP contribution < -0.4 is 10.6 Å². The van der Waals surface area contributed by atoms with Crippen molar-refractivity contribution in [2.75, 3.05) is 11.9 Å². The number of rotatable bonds is 3. The molecule has 2 nitrogen and oxygen atoms in total. The predicted molar refractivity (Wildman–Crippen MR) is 65.1 cm³/mol. The van der Waals surface area contributed by atoms with E-state index in [9.17, 15) is 0 Å². The van der Waals surface area contributed by atoms with Gasteiger partial charge in [0, 0.05) is 25.3 Å². The van der Waals surface area contributed by atoms with Gasteiger partial charge in [0.2, 0.25) is 0 Å². The molecule has 0 radical (unpaired) electrons. The normalized spacial score (nSPS) is 16.2. The summed E-state index contributed by atoms with van der Waals surface area (Å²) in [6.07, 6.45) is 4.07. The lowest BCUT2D eigenvalue weighted by Gasteiger charge is -2.37. The topological polar surface area (TPSA) is 29.3 Å². The van der Waals surface area contributed by atoms with E-state index in [2.05, 4.69) is 37.1 Å². The van der Waals surface area contributed by atoms with Crippen LogP contribution in [0.4, 0.5) is 5.69 Å². The maximum atomic E-state index is 5.63. The number of nitrogens with two attached hydrogens (primary N) is 1. The first-order chi connectivity index (χ1) is 7.22. The van der Waals surface area contributed by atoms with Crippen LogP contribution in [0.3, 0.4) is 0 Å². The van der Waals surface area contributed by atoms with Crippen LogP contribution in [-0.4, -0.2) is 13.1 Å². The molecule has 1 aliphatic rings. The maximum Gasteiger partial charge on any atom is 0.0396 e. The molecule has 1 aromatic rings. The van der Waals surface area contributed by atoms with Gasteiger partial charge in [-0.3, -0.25) is 0 Å². The van der Waals surface area contributed by atoms with Gasteiger partial charge >= 0.3 is 0 Å². The molecule has 0 aromatic heterocycles. The van der Waals surface area contributed by atoms with Crippen molar-refractivity contribution in [3.05, 3.63) is 29.3 Å². The Balaban J connectivity index is 2.19. The van der Waals surface area contributed by atoms with E-state index in [1.54, 1.807) is 0 Å². The van der Waals surface area contributed by atoms with Crippen LogP contribution in [-0.2, 0) is 6.54 Å². The molecule has 0 atom stereocenters. The van der Waals surface area contributed by atoms with Gasteiger partial charge in [-0.15, -0.1) is 0 Å². The second-order valence-corrected chi connectivity index (χ2v) is 4.52. The van der Waals surface area contributed by atoms with Gasteiger partial charge in [-0.05, 0) is 43.4 Å². The minimum atomic E-state index is 0.633. The number of benzene rings is 1. The second kappa shape index (κ2) is 4.23. The van der Waals surface area contributed by atoms with E-state index in [1.165, 1.54) is 36.1 Å². The van der Waals surface area contributed by atoms with Crippen molar-refractivity contribution in [1.82, 2.24) is 0 Å². The summed E-state index contributed by atoms with van der Waals surface area (Å²) in [7, 11) is 2.20. The van der Waals surface area contributed by atoms with E-state index >= 15 is 0 Å². The molecule has 0 spiro atoms. The fourth-order valence-corrected chi connectivity index (χ4v) is 2.21. The highest BCUT2D eigenvalue weighted by Gasteiger charge is 2.22. The summed E-state index contributed by atoms with van der Waals surface area (Å²) in [5.74, 6) is 0. The molecule has 15 heavy (non-hydrogen) atoms. The molecule has 1 fully saturated rings. The highest BCUT2D eigenvalue weighted by Crippen LogP contribution is 2.30. The van der Waals surface area contributed by atoms with Crippen LogP contribution in [0, 0.1) is 6.92 Å². The van der Waals surface area contributed by atoms with E-state index in [4.69, 9.17) is 5.73 Å². The van der Waals surface area contributed by atoms with E-state index in [0.717, 1.165) is 6.04 Å². The number of nitrogens with zero attached hydrogens (tertiary/aromatic N) is 1. The molecule has 0 saturated heterocycles. The smallest absolute Gasteiger partial charge is 0.0396 e. The molecular weight excluding hydrogens is 184 g/mol. The van der Waals surface area contributed by atoms with Crippen molar-refractivity contribution in [2.45, 2.75) is 38.8 Å². The third-order valence-corrected chi connectivity index (χ3v) is 3.50. The van der Waals surface area contributed by atoms with Crippen molar-refractivity contribution in [3.63, 3.8) is 0 Å². The van der Waals surface area contributed by atoms with E-state index in [1.807, 2.05) is 0 Å². The minimum Gasteiger partial charge on any atom is -0.371 e. The Morgan fingerprint density at radius 3 is 2.60 bits per heavy atom. The quantitative estimate of drug-likeness (QED) is 0.819. The summed E-state index contributed by atoms with van der Waals surface area (Å²) in [5, 5.41) is 0. The van der Waals surface area contributed by atoms with Gasteiger partial charge < -0.3 is 10.6 Å². The van der Waals surface area contributed by atoms with E-state index in [0.29, 0.717) is 6.54 Å². The van der Waals surface area contributed by atoms with Gasteiger partial charge in [0.15, 0.2) is 0 Å². The lowest BCUT2D eigenvalue weighted by Crippen LogP contribution is -2.37. The zero-order chi connectivity index (χ0) is 10.8. The van der Waals surface area contributed by atoms with Crippen LogP contribution in [0.15, 0.2) is 18.2 Å². The molecule has 0 heterocycles. The highest BCUT2D eigenvalue weighted by molar-refractivity contribution is 5.54. The van der Waals surface area contributed by atoms with Gasteiger partial charge in [0.25, 0.3) is 0 Å². The molecular formula is C13H20N2. The maximum absolute atomic E-state index is 5.63. The summed E-state index contributed by atoms with van der Waals surface area (Å²) in [6, 6.07) is 7.30. The van der Waals surface area contributed by atoms with E-state index in [-0.39, 0.29) is 0 Å². The number of anilines is 1. The fraction of sp³-hybridized carbons (Fsp3) is 0.538. The van der Waals surface area contributed by atoms with Crippen molar-refractivity contribution in [2.24, 2.45) is 5.73 Å².